The Labute approximate surface area is 80.2 Å². The fraction of sp³-hybridized carbons (Fsp3) is 0.875. The Balaban J connectivity index is 4.47. The van der Waals surface area contributed by atoms with Crippen molar-refractivity contribution in [1.82, 2.24) is 4.31 Å². The summed E-state index contributed by atoms with van der Waals surface area (Å²) in [5.74, 6) is -0.153. The van der Waals surface area contributed by atoms with Gasteiger partial charge >= 0.3 is 0 Å². The predicted molar refractivity (Wildman–Crippen MR) is 51.5 cm³/mol. The van der Waals surface area contributed by atoms with Crippen LogP contribution in [-0.4, -0.2) is 31.6 Å². The molecule has 0 aliphatic carbocycles. The van der Waals surface area contributed by atoms with E-state index >= 15 is 0 Å². The van der Waals surface area contributed by atoms with Crippen molar-refractivity contribution in [1.29, 1.82) is 5.26 Å². The van der Waals surface area contributed by atoms with E-state index in [4.69, 9.17) is 5.26 Å². The van der Waals surface area contributed by atoms with E-state index in [2.05, 4.69) is 0 Å². The molecule has 0 aromatic carbocycles. The Morgan fingerprint density at radius 3 is 2.31 bits per heavy atom. The molecule has 0 amide bonds. The van der Waals surface area contributed by atoms with Gasteiger partial charge in [0.15, 0.2) is 0 Å². The van der Waals surface area contributed by atoms with Crippen LogP contribution < -0.4 is 0 Å². The van der Waals surface area contributed by atoms with Crippen molar-refractivity contribution >= 4 is 10.0 Å². The fourth-order valence-corrected chi connectivity index (χ4v) is 2.18. The second-order valence-electron chi connectivity index (χ2n) is 2.88. The van der Waals surface area contributed by atoms with E-state index < -0.39 is 10.0 Å². The number of sulfonamides is 1. The maximum atomic E-state index is 11.4. The Morgan fingerprint density at radius 1 is 1.46 bits per heavy atom. The number of nitrogens with zero attached hydrogens (tertiary/aromatic N) is 2. The lowest BCUT2D eigenvalue weighted by Gasteiger charge is -2.20. The maximum absolute atomic E-state index is 11.4. The minimum atomic E-state index is -3.13. The molecule has 5 heteroatoms. The molecular formula is C8H16N2O2S. The van der Waals surface area contributed by atoms with Crippen LogP contribution in [0, 0.1) is 17.2 Å². The molecular weight excluding hydrogens is 188 g/mol. The van der Waals surface area contributed by atoms with Crippen LogP contribution in [-0.2, 0) is 10.0 Å². The topological polar surface area (TPSA) is 61.2 Å². The van der Waals surface area contributed by atoms with Gasteiger partial charge in [-0.15, -0.1) is 0 Å². The lowest BCUT2D eigenvalue weighted by molar-refractivity contribution is 0.400. The van der Waals surface area contributed by atoms with Crippen molar-refractivity contribution in [2.24, 2.45) is 5.92 Å². The molecule has 0 aromatic heterocycles. The highest BCUT2D eigenvalue weighted by Crippen LogP contribution is 2.05. The minimum Gasteiger partial charge on any atom is -0.212 e. The summed E-state index contributed by atoms with van der Waals surface area (Å²) in [6, 6.07) is 2.02. The molecule has 1 atom stereocenters. The van der Waals surface area contributed by atoms with Gasteiger partial charge in [0.2, 0.25) is 10.0 Å². The zero-order valence-corrected chi connectivity index (χ0v) is 9.13. The average molecular weight is 204 g/mol. The summed E-state index contributed by atoms with van der Waals surface area (Å²) in [6.07, 6.45) is 0. The molecule has 0 saturated carbocycles. The van der Waals surface area contributed by atoms with E-state index in [1.165, 1.54) is 4.31 Å². The first-order valence-corrected chi connectivity index (χ1v) is 5.96. The summed E-state index contributed by atoms with van der Waals surface area (Å²) in [4.78, 5) is 0. The van der Waals surface area contributed by atoms with Gasteiger partial charge < -0.3 is 0 Å². The van der Waals surface area contributed by atoms with Crippen LogP contribution in [0.15, 0.2) is 0 Å². The zero-order chi connectivity index (χ0) is 10.5. The van der Waals surface area contributed by atoms with Crippen molar-refractivity contribution in [2.75, 3.05) is 18.8 Å². The van der Waals surface area contributed by atoms with Gasteiger partial charge in [-0.2, -0.15) is 5.26 Å². The average Bonchev–Trinajstić information content (AvgIpc) is 2.13. The van der Waals surface area contributed by atoms with Crippen molar-refractivity contribution in [3.8, 4) is 6.07 Å². The standard InChI is InChI=1S/C8H16N2O2S/c1-4-10(7-8(3)6-9)13(11,12)5-2/h8H,4-5,7H2,1-3H3. The third-order valence-corrected chi connectivity index (χ3v) is 3.73. The van der Waals surface area contributed by atoms with Gasteiger partial charge in [0, 0.05) is 13.1 Å². The van der Waals surface area contributed by atoms with Gasteiger partial charge in [0.05, 0.1) is 17.7 Å². The van der Waals surface area contributed by atoms with Crippen LogP contribution in [0.2, 0.25) is 0 Å². The van der Waals surface area contributed by atoms with E-state index in [1.54, 1.807) is 20.8 Å². The van der Waals surface area contributed by atoms with Gasteiger partial charge in [0.1, 0.15) is 0 Å². The highest BCUT2D eigenvalue weighted by atomic mass is 32.2. The second-order valence-corrected chi connectivity index (χ2v) is 5.14. The molecule has 0 heterocycles. The van der Waals surface area contributed by atoms with Crippen LogP contribution in [0.3, 0.4) is 0 Å². The maximum Gasteiger partial charge on any atom is 0.213 e. The smallest absolute Gasteiger partial charge is 0.212 e. The molecule has 1 unspecified atom stereocenters. The van der Waals surface area contributed by atoms with E-state index in [0.29, 0.717) is 13.1 Å². The number of nitriles is 1. The number of hydrogen-bond acceptors (Lipinski definition) is 3. The van der Waals surface area contributed by atoms with Crippen LogP contribution >= 0.6 is 0 Å². The molecule has 0 N–H and O–H groups in total. The molecule has 13 heavy (non-hydrogen) atoms. The van der Waals surface area contributed by atoms with Gasteiger partial charge in [0.25, 0.3) is 0 Å². The summed E-state index contributed by atoms with van der Waals surface area (Å²) >= 11 is 0. The summed E-state index contributed by atoms with van der Waals surface area (Å²) < 4.78 is 24.1. The molecule has 0 aliphatic rings. The van der Waals surface area contributed by atoms with Gasteiger partial charge in [-0.3, -0.25) is 0 Å². The van der Waals surface area contributed by atoms with E-state index in [0.717, 1.165) is 0 Å². The molecule has 0 radical (unpaired) electrons. The molecule has 0 rings (SSSR count). The number of rotatable bonds is 5. The van der Waals surface area contributed by atoms with Crippen LogP contribution in [0.1, 0.15) is 20.8 Å². The Kier molecular flexibility index (Phi) is 4.96. The van der Waals surface area contributed by atoms with E-state index in [9.17, 15) is 8.42 Å². The van der Waals surface area contributed by atoms with Crippen LogP contribution in [0.4, 0.5) is 0 Å². The number of hydrogen-bond donors (Lipinski definition) is 0. The van der Waals surface area contributed by atoms with Crippen molar-refractivity contribution < 1.29 is 8.42 Å². The summed E-state index contributed by atoms with van der Waals surface area (Å²) in [6.45, 7) is 5.82. The molecule has 0 fully saturated rings. The normalized spacial score (nSPS) is 14.1. The Bertz CT molecular complexity index is 279. The first kappa shape index (κ1) is 12.4. The lowest BCUT2D eigenvalue weighted by Crippen LogP contribution is -2.35. The van der Waals surface area contributed by atoms with Gasteiger partial charge in [-0.1, -0.05) is 6.92 Å². The predicted octanol–water partition coefficient (Wildman–Crippen LogP) is 0.818. The minimum absolute atomic E-state index is 0.0962. The third-order valence-electron chi connectivity index (χ3n) is 1.81. The van der Waals surface area contributed by atoms with Crippen molar-refractivity contribution in [2.45, 2.75) is 20.8 Å². The fourth-order valence-electron chi connectivity index (χ4n) is 0.968. The second kappa shape index (κ2) is 5.20. The lowest BCUT2D eigenvalue weighted by atomic mass is 10.2. The van der Waals surface area contributed by atoms with E-state index in [1.807, 2.05) is 6.07 Å². The summed E-state index contributed by atoms with van der Waals surface area (Å²) in [5, 5.41) is 8.55. The molecule has 0 bridgehead atoms. The largest absolute Gasteiger partial charge is 0.213 e. The van der Waals surface area contributed by atoms with E-state index in [-0.39, 0.29) is 11.7 Å². The SMILES string of the molecule is CCN(CC(C)C#N)S(=O)(=O)CC. The molecule has 4 nitrogen and oxygen atoms in total. The summed E-state index contributed by atoms with van der Waals surface area (Å²) in [7, 11) is -3.13. The Morgan fingerprint density at radius 2 is 2.00 bits per heavy atom. The van der Waals surface area contributed by atoms with Crippen molar-refractivity contribution in [3.05, 3.63) is 0 Å². The molecule has 0 spiro atoms. The molecule has 76 valence electrons. The first-order valence-electron chi connectivity index (χ1n) is 4.35. The highest BCUT2D eigenvalue weighted by Gasteiger charge is 2.19. The molecule has 0 aromatic rings. The quantitative estimate of drug-likeness (QED) is 0.666. The van der Waals surface area contributed by atoms with Crippen LogP contribution in [0.25, 0.3) is 0 Å². The molecule has 0 saturated heterocycles. The van der Waals surface area contributed by atoms with Gasteiger partial charge in [-0.25, -0.2) is 12.7 Å². The highest BCUT2D eigenvalue weighted by molar-refractivity contribution is 7.89. The summed E-state index contributed by atoms with van der Waals surface area (Å²) in [5.41, 5.74) is 0. The molecule has 0 aliphatic heterocycles. The zero-order valence-electron chi connectivity index (χ0n) is 8.32. The third kappa shape index (κ3) is 3.75. The van der Waals surface area contributed by atoms with Crippen LogP contribution in [0.5, 0.6) is 0 Å². The first-order chi connectivity index (χ1) is 5.97. The van der Waals surface area contributed by atoms with Crippen molar-refractivity contribution in [3.63, 3.8) is 0 Å². The Hall–Kier alpha value is -0.600. The van der Waals surface area contributed by atoms with Gasteiger partial charge in [-0.05, 0) is 13.8 Å². The monoisotopic (exact) mass is 204 g/mol.